The van der Waals surface area contributed by atoms with Crippen LogP contribution in [0.4, 0.5) is 0 Å². The molecular formula is C45H27N3Se. The first-order valence-electron chi connectivity index (χ1n) is 16.4. The molecule has 0 aliphatic heterocycles. The van der Waals surface area contributed by atoms with Crippen molar-refractivity contribution in [2.24, 2.45) is 0 Å². The van der Waals surface area contributed by atoms with Crippen molar-refractivity contribution in [3.05, 3.63) is 164 Å². The van der Waals surface area contributed by atoms with E-state index in [4.69, 9.17) is 15.0 Å². The first-order chi connectivity index (χ1) is 24.3. The molecule has 49 heavy (non-hydrogen) atoms. The minimum Gasteiger partial charge on any atom is -0.0615 e. The minimum atomic E-state index is 0.279. The molecule has 0 aliphatic rings. The van der Waals surface area contributed by atoms with Gasteiger partial charge in [-0.1, -0.05) is 60.7 Å². The van der Waals surface area contributed by atoms with E-state index in [1.165, 1.54) is 57.4 Å². The Hall–Kier alpha value is -5.93. The maximum atomic E-state index is 4.97. The fourth-order valence-corrected chi connectivity index (χ4v) is 9.77. The van der Waals surface area contributed by atoms with Crippen LogP contribution >= 0.6 is 0 Å². The standard InChI is InChI=1S/C45H27N3Se/c1-3-10-30(11-4-1)43-46-44(31-12-5-2-6-13-31)48-45(47-43)34-23-24-36-32(26-34)14-9-16-35(36)33-21-19-28-18-20-29-22-25-38-37-15-7-8-17-40(37)49-42(38)41(29)39(28)27-33/h1-27H. The second-order valence-electron chi connectivity index (χ2n) is 12.4. The van der Waals surface area contributed by atoms with E-state index in [-0.39, 0.29) is 14.5 Å². The van der Waals surface area contributed by atoms with Gasteiger partial charge in [-0.25, -0.2) is 4.98 Å². The number of rotatable bonds is 4. The van der Waals surface area contributed by atoms with Gasteiger partial charge >= 0.3 is 202 Å². The molecule has 0 aliphatic carbocycles. The van der Waals surface area contributed by atoms with Crippen molar-refractivity contribution in [1.29, 1.82) is 0 Å². The Morgan fingerprint density at radius 3 is 1.73 bits per heavy atom. The third-order valence-electron chi connectivity index (χ3n) is 9.49. The van der Waals surface area contributed by atoms with E-state index in [1.54, 1.807) is 0 Å². The number of hydrogen-bond acceptors (Lipinski definition) is 3. The summed E-state index contributed by atoms with van der Waals surface area (Å²) in [5, 5.41) is 10.4. The molecule has 0 saturated carbocycles. The van der Waals surface area contributed by atoms with Gasteiger partial charge in [0, 0.05) is 11.1 Å². The number of aromatic nitrogens is 3. The summed E-state index contributed by atoms with van der Waals surface area (Å²) in [5.74, 6) is 1.99. The predicted molar refractivity (Wildman–Crippen MR) is 206 cm³/mol. The molecule has 0 radical (unpaired) electrons. The maximum absolute atomic E-state index is 4.97. The summed E-state index contributed by atoms with van der Waals surface area (Å²) in [4.78, 5) is 14.8. The van der Waals surface area contributed by atoms with Crippen LogP contribution < -0.4 is 0 Å². The average molecular weight is 689 g/mol. The first-order valence-corrected chi connectivity index (χ1v) is 18.2. The molecule has 0 atom stereocenters. The molecule has 0 bridgehead atoms. The van der Waals surface area contributed by atoms with Crippen LogP contribution in [-0.2, 0) is 0 Å². The van der Waals surface area contributed by atoms with Gasteiger partial charge in [-0.3, -0.25) is 0 Å². The second-order valence-corrected chi connectivity index (χ2v) is 14.6. The van der Waals surface area contributed by atoms with Gasteiger partial charge in [-0.05, 0) is 0 Å². The van der Waals surface area contributed by atoms with Gasteiger partial charge in [0.1, 0.15) is 0 Å². The molecule has 10 aromatic rings. The van der Waals surface area contributed by atoms with Crippen molar-refractivity contribution in [1.82, 2.24) is 15.0 Å². The van der Waals surface area contributed by atoms with E-state index in [0.717, 1.165) is 22.1 Å². The van der Waals surface area contributed by atoms with Gasteiger partial charge in [-0.15, -0.1) is 0 Å². The van der Waals surface area contributed by atoms with E-state index in [1.807, 2.05) is 60.7 Å². The quantitative estimate of drug-likeness (QED) is 0.136. The van der Waals surface area contributed by atoms with Gasteiger partial charge in [0.15, 0.2) is 11.6 Å². The SMILES string of the molecule is c1ccc(-c2nc(-c3ccccc3)nc(-c3ccc4c(-c5ccc6ccc7ccc8c9ccccc9[se]c8c7c6c5)cccc4c3)n2)cc1. The molecule has 10 rings (SSSR count). The van der Waals surface area contributed by atoms with Crippen LogP contribution in [0.5, 0.6) is 0 Å². The molecule has 0 spiro atoms. The summed E-state index contributed by atoms with van der Waals surface area (Å²) >= 11 is 0.279. The molecule has 0 N–H and O–H groups in total. The zero-order valence-corrected chi connectivity index (χ0v) is 28.1. The fourth-order valence-electron chi connectivity index (χ4n) is 7.10. The Bertz CT molecular complexity index is 2820. The topological polar surface area (TPSA) is 38.7 Å². The Kier molecular flexibility index (Phi) is 6.51. The molecule has 2 aromatic heterocycles. The number of benzene rings is 8. The third-order valence-corrected chi connectivity index (χ3v) is 12.0. The van der Waals surface area contributed by atoms with Crippen LogP contribution in [0.2, 0.25) is 0 Å². The monoisotopic (exact) mass is 689 g/mol. The van der Waals surface area contributed by atoms with Crippen molar-refractivity contribution in [2.45, 2.75) is 0 Å². The summed E-state index contributed by atoms with van der Waals surface area (Å²) in [6.45, 7) is 0. The first kappa shape index (κ1) is 28.1. The molecule has 3 nitrogen and oxygen atoms in total. The van der Waals surface area contributed by atoms with Gasteiger partial charge in [0.2, 0.25) is 0 Å². The zero-order valence-electron chi connectivity index (χ0n) is 26.3. The van der Waals surface area contributed by atoms with Crippen molar-refractivity contribution in [3.8, 4) is 45.3 Å². The molecule has 2 heterocycles. The summed E-state index contributed by atoms with van der Waals surface area (Å²) in [6.07, 6.45) is 0. The number of hydrogen-bond donors (Lipinski definition) is 0. The van der Waals surface area contributed by atoms with Crippen molar-refractivity contribution in [2.75, 3.05) is 0 Å². The molecular weight excluding hydrogens is 661 g/mol. The Labute approximate surface area is 288 Å². The molecule has 0 fully saturated rings. The average Bonchev–Trinajstić information content (AvgIpc) is 3.56. The fraction of sp³-hybridized carbons (Fsp3) is 0. The molecule has 228 valence electrons. The number of fused-ring (bicyclic) bond motifs is 8. The summed E-state index contributed by atoms with van der Waals surface area (Å²) < 4.78 is 2.97. The van der Waals surface area contributed by atoms with E-state index < -0.39 is 0 Å². The van der Waals surface area contributed by atoms with E-state index in [0.29, 0.717) is 17.5 Å². The van der Waals surface area contributed by atoms with Crippen LogP contribution in [0.15, 0.2) is 164 Å². The van der Waals surface area contributed by atoms with Gasteiger partial charge in [-0.2, -0.15) is 0 Å². The molecule has 0 amide bonds. The van der Waals surface area contributed by atoms with E-state index >= 15 is 0 Å². The van der Waals surface area contributed by atoms with Crippen LogP contribution in [0, 0.1) is 0 Å². The number of nitrogens with zero attached hydrogens (tertiary/aromatic N) is 3. The zero-order chi connectivity index (χ0) is 32.3. The molecule has 0 unspecified atom stereocenters. The Morgan fingerprint density at radius 2 is 0.959 bits per heavy atom. The minimum absolute atomic E-state index is 0.279. The van der Waals surface area contributed by atoms with Crippen molar-refractivity contribution >= 4 is 66.1 Å². The van der Waals surface area contributed by atoms with Gasteiger partial charge in [0.05, 0.1) is 0 Å². The smallest absolute Gasteiger partial charge is 0.0615 e. The summed E-state index contributed by atoms with van der Waals surface area (Å²) in [7, 11) is 0. The predicted octanol–water partition coefficient (Wildman–Crippen LogP) is 11.4. The van der Waals surface area contributed by atoms with Crippen LogP contribution in [-0.4, -0.2) is 29.5 Å². The van der Waals surface area contributed by atoms with Crippen molar-refractivity contribution < 1.29 is 0 Å². The Balaban J connectivity index is 1.13. The summed E-state index contributed by atoms with van der Waals surface area (Å²) in [6, 6.07) is 58.4. The van der Waals surface area contributed by atoms with Gasteiger partial charge in [0.25, 0.3) is 0 Å². The molecule has 0 saturated heterocycles. The van der Waals surface area contributed by atoms with Gasteiger partial charge < -0.3 is 0 Å². The van der Waals surface area contributed by atoms with Crippen molar-refractivity contribution in [3.63, 3.8) is 0 Å². The Morgan fingerprint density at radius 1 is 0.347 bits per heavy atom. The van der Waals surface area contributed by atoms with Crippen LogP contribution in [0.25, 0.3) is 96.9 Å². The molecule has 8 aromatic carbocycles. The normalized spacial score (nSPS) is 11.7. The third kappa shape index (κ3) is 4.76. The van der Waals surface area contributed by atoms with Crippen LogP contribution in [0.1, 0.15) is 0 Å². The summed E-state index contributed by atoms with van der Waals surface area (Å²) in [5.41, 5.74) is 5.33. The van der Waals surface area contributed by atoms with Crippen LogP contribution in [0.3, 0.4) is 0 Å². The van der Waals surface area contributed by atoms with E-state index in [9.17, 15) is 0 Å². The second kappa shape index (κ2) is 11.3. The molecule has 4 heteroatoms. The van der Waals surface area contributed by atoms with E-state index in [2.05, 4.69) is 103 Å².